The molecule has 0 aromatic carbocycles. The van der Waals surface area contributed by atoms with Gasteiger partial charge in [0.15, 0.2) is 0 Å². The predicted molar refractivity (Wildman–Crippen MR) is 43.1 cm³/mol. The fraction of sp³-hybridized carbons (Fsp3) is 0.500. The summed E-state index contributed by atoms with van der Waals surface area (Å²) in [6.45, 7) is -1.33. The van der Waals surface area contributed by atoms with Gasteiger partial charge in [0.25, 0.3) is 10.2 Å². The summed E-state index contributed by atoms with van der Waals surface area (Å²) in [6, 6.07) is 0. The fourth-order valence-corrected chi connectivity index (χ4v) is 1.20. The van der Waals surface area contributed by atoms with Crippen molar-refractivity contribution in [3.05, 3.63) is 0 Å². The Bertz CT molecular complexity index is 294. The maximum absolute atomic E-state index is 10.7. The Kier molecular flexibility index (Phi) is 3.78. The summed E-state index contributed by atoms with van der Waals surface area (Å²) in [5.41, 5.74) is 9.43. The van der Waals surface area contributed by atoms with Crippen molar-refractivity contribution in [2.24, 2.45) is 16.6 Å². The number of hydrogen-bond donors (Lipinski definition) is 3. The SMILES string of the molecule is NC(=O)CN(CC(N)=O)S(N)(=O)=O. The summed E-state index contributed by atoms with van der Waals surface area (Å²) in [4.78, 5) is 20.7. The number of rotatable bonds is 5. The fourth-order valence-electron chi connectivity index (χ4n) is 0.583. The van der Waals surface area contributed by atoms with Crippen LogP contribution in [0.5, 0.6) is 0 Å². The molecular weight excluding hydrogens is 200 g/mol. The van der Waals surface area contributed by atoms with Gasteiger partial charge in [-0.05, 0) is 0 Å². The highest BCUT2D eigenvalue weighted by Gasteiger charge is 2.21. The summed E-state index contributed by atoms with van der Waals surface area (Å²) >= 11 is 0. The van der Waals surface area contributed by atoms with Gasteiger partial charge in [-0.1, -0.05) is 0 Å². The van der Waals surface area contributed by atoms with Crippen molar-refractivity contribution < 1.29 is 18.0 Å². The maximum Gasteiger partial charge on any atom is 0.277 e. The first-order valence-corrected chi connectivity index (χ1v) is 4.58. The van der Waals surface area contributed by atoms with Gasteiger partial charge in [-0.25, -0.2) is 5.14 Å². The molecule has 9 heteroatoms. The summed E-state index contributed by atoms with van der Waals surface area (Å²) in [5, 5.41) is 4.66. The molecule has 76 valence electrons. The van der Waals surface area contributed by atoms with Crippen LogP contribution in [0.15, 0.2) is 0 Å². The largest absolute Gasteiger partial charge is 0.369 e. The molecule has 8 nitrogen and oxygen atoms in total. The van der Waals surface area contributed by atoms with Gasteiger partial charge in [0.2, 0.25) is 11.8 Å². The van der Waals surface area contributed by atoms with Crippen molar-refractivity contribution in [2.75, 3.05) is 13.1 Å². The molecule has 0 aliphatic heterocycles. The third kappa shape index (κ3) is 5.11. The number of carbonyl (C=O) groups is 2. The second-order valence-corrected chi connectivity index (χ2v) is 3.79. The van der Waals surface area contributed by atoms with Crippen molar-refractivity contribution in [3.8, 4) is 0 Å². The highest BCUT2D eigenvalue weighted by atomic mass is 32.2. The normalized spacial score (nSPS) is 11.5. The van der Waals surface area contributed by atoms with E-state index in [1.165, 1.54) is 0 Å². The van der Waals surface area contributed by atoms with Crippen molar-refractivity contribution in [3.63, 3.8) is 0 Å². The van der Waals surface area contributed by atoms with Gasteiger partial charge in [0.1, 0.15) is 0 Å². The van der Waals surface area contributed by atoms with Gasteiger partial charge in [-0.3, -0.25) is 9.59 Å². The second kappa shape index (κ2) is 4.16. The van der Waals surface area contributed by atoms with E-state index in [-0.39, 0.29) is 0 Å². The molecule has 0 saturated heterocycles. The Morgan fingerprint density at radius 3 is 1.54 bits per heavy atom. The van der Waals surface area contributed by atoms with Gasteiger partial charge < -0.3 is 11.5 Å². The molecule has 0 unspecified atom stereocenters. The Labute approximate surface area is 74.8 Å². The number of carbonyl (C=O) groups excluding carboxylic acids is 2. The van der Waals surface area contributed by atoms with Crippen LogP contribution in [0.1, 0.15) is 0 Å². The molecule has 0 atom stereocenters. The molecule has 0 radical (unpaired) electrons. The molecule has 0 bridgehead atoms. The van der Waals surface area contributed by atoms with Gasteiger partial charge in [-0.15, -0.1) is 0 Å². The number of nitrogens with two attached hydrogens (primary N) is 3. The second-order valence-electron chi connectivity index (χ2n) is 2.25. The minimum absolute atomic E-state index is 0.387. The lowest BCUT2D eigenvalue weighted by Crippen LogP contribution is -2.46. The van der Waals surface area contributed by atoms with Crippen LogP contribution < -0.4 is 16.6 Å². The van der Waals surface area contributed by atoms with Gasteiger partial charge in [0, 0.05) is 0 Å². The average molecular weight is 210 g/mol. The molecule has 2 amide bonds. The smallest absolute Gasteiger partial charge is 0.277 e. The lowest BCUT2D eigenvalue weighted by molar-refractivity contribution is -0.120. The molecule has 0 aliphatic rings. The summed E-state index contributed by atoms with van der Waals surface area (Å²) in [6.07, 6.45) is 0. The minimum atomic E-state index is -4.12. The maximum atomic E-state index is 10.7. The van der Waals surface area contributed by atoms with Crippen LogP contribution in [0.25, 0.3) is 0 Å². The zero-order valence-corrected chi connectivity index (χ0v) is 7.45. The monoisotopic (exact) mass is 210 g/mol. The van der Waals surface area contributed by atoms with Crippen LogP contribution in [-0.4, -0.2) is 37.6 Å². The van der Waals surface area contributed by atoms with Gasteiger partial charge in [0.05, 0.1) is 13.1 Å². The summed E-state index contributed by atoms with van der Waals surface area (Å²) in [5.74, 6) is -1.84. The molecule has 0 saturated carbocycles. The van der Waals surface area contributed by atoms with E-state index in [1.54, 1.807) is 0 Å². The quantitative estimate of drug-likeness (QED) is 0.430. The molecular formula is C4H10N4O4S. The molecule has 0 rings (SSSR count). The number of primary amides is 2. The van der Waals surface area contributed by atoms with Crippen LogP contribution in [0.4, 0.5) is 0 Å². The molecule has 0 spiro atoms. The van der Waals surface area contributed by atoms with Gasteiger partial charge >= 0.3 is 0 Å². The summed E-state index contributed by atoms with van der Waals surface area (Å²) in [7, 11) is -4.12. The van der Waals surface area contributed by atoms with Crippen LogP contribution in [0, 0.1) is 0 Å². The first-order chi connectivity index (χ1) is 5.73. The van der Waals surface area contributed by atoms with E-state index in [0.29, 0.717) is 4.31 Å². The predicted octanol–water partition coefficient (Wildman–Crippen LogP) is -3.54. The van der Waals surface area contributed by atoms with Crippen LogP contribution >= 0.6 is 0 Å². The van der Waals surface area contributed by atoms with E-state index in [4.69, 9.17) is 11.5 Å². The minimum Gasteiger partial charge on any atom is -0.369 e. The zero-order chi connectivity index (χ0) is 10.6. The van der Waals surface area contributed by atoms with Crippen LogP contribution in [0.3, 0.4) is 0 Å². The third-order valence-corrected chi connectivity index (χ3v) is 2.00. The molecule has 13 heavy (non-hydrogen) atoms. The molecule has 0 aliphatic carbocycles. The van der Waals surface area contributed by atoms with Crippen molar-refractivity contribution in [1.82, 2.24) is 4.31 Å². The Balaban J connectivity index is 4.57. The number of hydrogen-bond acceptors (Lipinski definition) is 4. The van der Waals surface area contributed by atoms with E-state index >= 15 is 0 Å². The lowest BCUT2D eigenvalue weighted by atomic mass is 10.5. The van der Waals surface area contributed by atoms with Crippen molar-refractivity contribution in [2.45, 2.75) is 0 Å². The van der Waals surface area contributed by atoms with E-state index < -0.39 is 35.1 Å². The standard InChI is InChI=1S/C4H10N4O4S/c5-3(9)1-8(2-4(6)10)13(7,11)12/h1-2H2,(H2,5,9)(H2,6,10)(H2,7,11,12). The summed E-state index contributed by atoms with van der Waals surface area (Å²) < 4.78 is 21.8. The van der Waals surface area contributed by atoms with Crippen molar-refractivity contribution >= 4 is 22.0 Å². The molecule has 0 aromatic heterocycles. The molecule has 0 aromatic rings. The lowest BCUT2D eigenvalue weighted by Gasteiger charge is -2.14. The van der Waals surface area contributed by atoms with E-state index in [1.807, 2.05) is 0 Å². The highest BCUT2D eigenvalue weighted by molar-refractivity contribution is 7.86. The molecule has 0 heterocycles. The average Bonchev–Trinajstić information content (AvgIpc) is 1.81. The Hall–Kier alpha value is -1.19. The van der Waals surface area contributed by atoms with Gasteiger partial charge in [-0.2, -0.15) is 12.7 Å². The topological polar surface area (TPSA) is 150 Å². The Morgan fingerprint density at radius 2 is 1.38 bits per heavy atom. The first kappa shape index (κ1) is 11.8. The van der Waals surface area contributed by atoms with Crippen LogP contribution in [0.2, 0.25) is 0 Å². The Morgan fingerprint density at radius 1 is 1.08 bits per heavy atom. The van der Waals surface area contributed by atoms with Crippen LogP contribution in [-0.2, 0) is 19.8 Å². The van der Waals surface area contributed by atoms with E-state index in [2.05, 4.69) is 5.14 Å². The molecule has 6 N–H and O–H groups in total. The third-order valence-electron chi connectivity index (χ3n) is 1.02. The highest BCUT2D eigenvalue weighted by Crippen LogP contribution is 1.92. The van der Waals surface area contributed by atoms with E-state index in [9.17, 15) is 18.0 Å². The number of nitrogens with zero attached hydrogens (tertiary/aromatic N) is 1. The molecule has 0 fully saturated rings. The number of amides is 2. The first-order valence-electron chi connectivity index (χ1n) is 3.08. The zero-order valence-electron chi connectivity index (χ0n) is 6.63. The van der Waals surface area contributed by atoms with E-state index in [0.717, 1.165) is 0 Å². The van der Waals surface area contributed by atoms with Crippen molar-refractivity contribution in [1.29, 1.82) is 0 Å².